The quantitative estimate of drug-likeness (QED) is 0.432. The number of carbonyl (C=O) groups is 1. The van der Waals surface area contributed by atoms with Crippen molar-refractivity contribution in [3.8, 4) is 0 Å². The average Bonchev–Trinajstić information content (AvgIpc) is 2.06. The first-order chi connectivity index (χ1) is 5.74. The van der Waals surface area contributed by atoms with Crippen molar-refractivity contribution in [1.29, 1.82) is 0 Å². The number of ether oxygens (including phenoxy) is 1. The van der Waals surface area contributed by atoms with E-state index in [2.05, 4.69) is 14.7 Å². The molecule has 0 atom stereocenters. The second-order valence-electron chi connectivity index (χ2n) is 2.06. The van der Waals surface area contributed by atoms with E-state index in [9.17, 15) is 4.79 Å². The zero-order valence-electron chi connectivity index (χ0n) is 6.65. The van der Waals surface area contributed by atoms with Crippen LogP contribution in [0.3, 0.4) is 0 Å². The number of hydrogen-bond acceptors (Lipinski definition) is 4. The summed E-state index contributed by atoms with van der Waals surface area (Å²) in [7, 11) is 5.32. The van der Waals surface area contributed by atoms with Gasteiger partial charge in [-0.3, -0.25) is 0 Å². The predicted octanol–water partition coefficient (Wildman–Crippen LogP) is -0.553. The Morgan fingerprint density at radius 3 is 2.67 bits per heavy atom. The molecular weight excluding hydrogens is 155 g/mol. The maximum absolute atomic E-state index is 11.0. The van der Waals surface area contributed by atoms with E-state index < -0.39 is 5.97 Å². The van der Waals surface area contributed by atoms with Gasteiger partial charge in [0.15, 0.2) is 0 Å². The van der Waals surface area contributed by atoms with Gasteiger partial charge >= 0.3 is 5.97 Å². The number of nitrogens with zero attached hydrogens (tertiary/aromatic N) is 2. The van der Waals surface area contributed by atoms with Gasteiger partial charge in [-0.1, -0.05) is 5.46 Å². The number of aromatic nitrogens is 2. The molecule has 0 aliphatic rings. The van der Waals surface area contributed by atoms with E-state index in [1.807, 2.05) is 0 Å². The van der Waals surface area contributed by atoms with Crippen LogP contribution in [0.25, 0.3) is 0 Å². The summed E-state index contributed by atoms with van der Waals surface area (Å²) in [6.07, 6.45) is 2.72. The molecule has 0 unspecified atom stereocenters. The van der Waals surface area contributed by atoms with Gasteiger partial charge in [0.05, 0.1) is 6.61 Å². The molecule has 4 nitrogen and oxygen atoms in total. The molecule has 0 saturated carbocycles. The summed E-state index contributed by atoms with van der Waals surface area (Å²) in [5.41, 5.74) is 0.419. The third-order valence-electron chi connectivity index (χ3n) is 1.13. The van der Waals surface area contributed by atoms with Crippen LogP contribution in [0.5, 0.6) is 0 Å². The van der Waals surface area contributed by atoms with Crippen LogP contribution in [-0.2, 0) is 4.74 Å². The monoisotopic (exact) mass is 162 g/mol. The third-order valence-corrected chi connectivity index (χ3v) is 1.13. The molecular formula is C7H7BN2O2. The highest BCUT2D eigenvalue weighted by atomic mass is 16.5. The Morgan fingerprint density at radius 2 is 2.17 bits per heavy atom. The molecule has 1 aromatic rings. The summed E-state index contributed by atoms with van der Waals surface area (Å²) in [5.74, 6) is -0.497. The van der Waals surface area contributed by atoms with E-state index in [-0.39, 0.29) is 5.82 Å². The fourth-order valence-electron chi connectivity index (χ4n) is 0.639. The fourth-order valence-corrected chi connectivity index (χ4v) is 0.639. The van der Waals surface area contributed by atoms with E-state index >= 15 is 0 Å². The van der Waals surface area contributed by atoms with Crippen molar-refractivity contribution in [3.63, 3.8) is 0 Å². The number of hydrogen-bond donors (Lipinski definition) is 0. The van der Waals surface area contributed by atoms with Gasteiger partial charge < -0.3 is 4.74 Å². The van der Waals surface area contributed by atoms with E-state index in [1.165, 1.54) is 12.4 Å². The summed E-state index contributed by atoms with van der Waals surface area (Å²) in [5, 5.41) is 0. The molecule has 60 valence electrons. The number of esters is 1. The summed E-state index contributed by atoms with van der Waals surface area (Å²) in [6, 6.07) is 0. The molecule has 2 radical (unpaired) electrons. The van der Waals surface area contributed by atoms with Crippen LogP contribution in [0, 0.1) is 0 Å². The highest BCUT2D eigenvalue weighted by molar-refractivity contribution is 6.31. The topological polar surface area (TPSA) is 52.1 Å². The zero-order chi connectivity index (χ0) is 8.97. The van der Waals surface area contributed by atoms with Crippen LogP contribution in [0.15, 0.2) is 12.4 Å². The Morgan fingerprint density at radius 1 is 1.58 bits per heavy atom. The van der Waals surface area contributed by atoms with E-state index in [0.29, 0.717) is 12.1 Å². The normalized spacial score (nSPS) is 9.42. The van der Waals surface area contributed by atoms with Crippen molar-refractivity contribution in [2.24, 2.45) is 0 Å². The molecule has 5 heteroatoms. The van der Waals surface area contributed by atoms with Crippen LogP contribution >= 0.6 is 0 Å². The zero-order valence-corrected chi connectivity index (χ0v) is 6.65. The molecule has 0 spiro atoms. The molecule has 0 aliphatic carbocycles. The third kappa shape index (κ3) is 2.05. The molecule has 0 saturated heterocycles. The average molecular weight is 162 g/mol. The molecule has 0 N–H and O–H groups in total. The van der Waals surface area contributed by atoms with Crippen LogP contribution in [0.2, 0.25) is 0 Å². The molecule has 12 heavy (non-hydrogen) atoms. The molecule has 1 rings (SSSR count). The largest absolute Gasteiger partial charge is 0.460 e. The Bertz CT molecular complexity index is 273. The van der Waals surface area contributed by atoms with Gasteiger partial charge in [-0.2, -0.15) is 0 Å². The summed E-state index contributed by atoms with van der Waals surface area (Å²) in [4.78, 5) is 18.3. The van der Waals surface area contributed by atoms with Crippen LogP contribution in [0.4, 0.5) is 0 Å². The van der Waals surface area contributed by atoms with Crippen molar-refractivity contribution < 1.29 is 9.53 Å². The first-order valence-electron chi connectivity index (χ1n) is 3.48. The van der Waals surface area contributed by atoms with E-state index in [1.54, 1.807) is 6.92 Å². The minimum Gasteiger partial charge on any atom is -0.460 e. The van der Waals surface area contributed by atoms with Crippen LogP contribution in [-0.4, -0.2) is 30.4 Å². The molecule has 0 fully saturated rings. The van der Waals surface area contributed by atoms with Gasteiger partial charge in [-0.05, 0) is 6.92 Å². The van der Waals surface area contributed by atoms with Crippen molar-refractivity contribution in [2.45, 2.75) is 6.92 Å². The van der Waals surface area contributed by atoms with Gasteiger partial charge in [-0.15, -0.1) is 0 Å². The lowest BCUT2D eigenvalue weighted by molar-refractivity contribution is 0.0512. The molecule has 1 heterocycles. The lowest BCUT2D eigenvalue weighted by Gasteiger charge is -1.98. The Kier molecular flexibility index (Phi) is 2.79. The SMILES string of the molecule is [B]c1cnc(C(=O)OCC)nc1. The molecule has 0 amide bonds. The molecule has 0 aliphatic heterocycles. The van der Waals surface area contributed by atoms with Crippen molar-refractivity contribution >= 4 is 19.3 Å². The van der Waals surface area contributed by atoms with Gasteiger partial charge in [-0.25, -0.2) is 14.8 Å². The Labute approximate surface area is 71.4 Å². The lowest BCUT2D eigenvalue weighted by atomic mass is 10.0. The van der Waals surface area contributed by atoms with Gasteiger partial charge in [0.2, 0.25) is 5.82 Å². The minimum absolute atomic E-state index is 0.0334. The van der Waals surface area contributed by atoms with Crippen LogP contribution in [0.1, 0.15) is 17.5 Å². The standard InChI is InChI=1S/C7H7BN2O2/c1-2-12-7(11)6-9-3-5(8)4-10-6/h3-4H,2H2,1H3. The second kappa shape index (κ2) is 3.85. The van der Waals surface area contributed by atoms with E-state index in [4.69, 9.17) is 7.85 Å². The predicted molar refractivity (Wildman–Crippen MR) is 43.4 cm³/mol. The van der Waals surface area contributed by atoms with E-state index in [0.717, 1.165) is 0 Å². The lowest BCUT2D eigenvalue weighted by Crippen LogP contribution is -2.13. The first-order valence-corrected chi connectivity index (χ1v) is 3.48. The Balaban J connectivity index is 2.75. The van der Waals surface area contributed by atoms with Gasteiger partial charge in [0, 0.05) is 12.4 Å². The smallest absolute Gasteiger partial charge is 0.376 e. The summed E-state index contributed by atoms with van der Waals surface area (Å²) >= 11 is 0. The fraction of sp³-hybridized carbons (Fsp3) is 0.286. The number of rotatable bonds is 2. The van der Waals surface area contributed by atoms with Gasteiger partial charge in [0.1, 0.15) is 7.85 Å². The highest BCUT2D eigenvalue weighted by Crippen LogP contribution is 1.89. The first kappa shape index (κ1) is 8.71. The molecule has 1 aromatic heterocycles. The Hall–Kier alpha value is -1.39. The second-order valence-corrected chi connectivity index (χ2v) is 2.06. The summed E-state index contributed by atoms with van der Waals surface area (Å²) in [6.45, 7) is 2.03. The van der Waals surface area contributed by atoms with Crippen LogP contribution < -0.4 is 5.46 Å². The number of carbonyl (C=O) groups excluding carboxylic acids is 1. The minimum atomic E-state index is -0.530. The maximum atomic E-state index is 11.0. The molecule has 0 bridgehead atoms. The highest BCUT2D eigenvalue weighted by Gasteiger charge is 2.07. The van der Waals surface area contributed by atoms with Crippen molar-refractivity contribution in [3.05, 3.63) is 18.2 Å². The summed E-state index contributed by atoms with van der Waals surface area (Å²) < 4.78 is 4.66. The molecule has 0 aromatic carbocycles. The van der Waals surface area contributed by atoms with Gasteiger partial charge in [0.25, 0.3) is 0 Å². The van der Waals surface area contributed by atoms with Crippen molar-refractivity contribution in [1.82, 2.24) is 9.97 Å². The van der Waals surface area contributed by atoms with Crippen molar-refractivity contribution in [2.75, 3.05) is 6.61 Å². The maximum Gasteiger partial charge on any atom is 0.376 e.